The van der Waals surface area contributed by atoms with E-state index >= 15 is 0 Å². The van der Waals surface area contributed by atoms with Gasteiger partial charge in [0.25, 0.3) is 0 Å². The van der Waals surface area contributed by atoms with Gasteiger partial charge < -0.3 is 15.5 Å². The molecule has 5 heteroatoms. The first kappa shape index (κ1) is 21.2. The highest BCUT2D eigenvalue weighted by Gasteiger charge is 2.68. The zero-order valence-electron chi connectivity index (χ0n) is 19.2. The molecule has 0 aromatic heterocycles. The van der Waals surface area contributed by atoms with Crippen molar-refractivity contribution in [1.82, 2.24) is 10.2 Å². The summed E-state index contributed by atoms with van der Waals surface area (Å²) in [6.07, 6.45) is 6.20. The molecule has 2 aromatic rings. The van der Waals surface area contributed by atoms with Crippen LogP contribution >= 0.6 is 0 Å². The molecular formula is C28H34N2O3. The van der Waals surface area contributed by atoms with Crippen LogP contribution in [0.4, 0.5) is 0 Å². The Balaban J connectivity index is 1.26. The number of aliphatic hydroxyl groups is 1. The highest BCUT2D eigenvalue weighted by atomic mass is 16.3. The molecular weight excluding hydrogens is 412 g/mol. The van der Waals surface area contributed by atoms with Crippen molar-refractivity contribution >= 4 is 5.91 Å². The van der Waals surface area contributed by atoms with Crippen LogP contribution in [-0.4, -0.2) is 52.3 Å². The highest BCUT2D eigenvalue weighted by Crippen LogP contribution is 2.62. The number of phenols is 1. The number of carbonyl (C=O) groups excluding carboxylic acids is 1. The fraction of sp³-hybridized carbons (Fsp3) is 0.536. The Morgan fingerprint density at radius 1 is 1.12 bits per heavy atom. The van der Waals surface area contributed by atoms with E-state index < -0.39 is 11.0 Å². The highest BCUT2D eigenvalue weighted by molar-refractivity contribution is 5.80. The molecule has 33 heavy (non-hydrogen) atoms. The zero-order chi connectivity index (χ0) is 22.6. The van der Waals surface area contributed by atoms with Crippen LogP contribution in [0.1, 0.15) is 48.8 Å². The molecule has 2 bridgehead atoms. The topological polar surface area (TPSA) is 72.8 Å². The van der Waals surface area contributed by atoms with Gasteiger partial charge >= 0.3 is 0 Å². The summed E-state index contributed by atoms with van der Waals surface area (Å²) in [7, 11) is 0. The number of hydrogen-bond acceptors (Lipinski definition) is 4. The minimum absolute atomic E-state index is 0.0472. The van der Waals surface area contributed by atoms with Gasteiger partial charge in [0.1, 0.15) is 5.75 Å². The summed E-state index contributed by atoms with van der Waals surface area (Å²) < 4.78 is 0. The molecule has 1 saturated heterocycles. The normalized spacial score (nSPS) is 32.8. The van der Waals surface area contributed by atoms with Gasteiger partial charge in [-0.05, 0) is 86.2 Å². The van der Waals surface area contributed by atoms with E-state index in [9.17, 15) is 15.0 Å². The maximum absolute atomic E-state index is 13.3. The predicted octanol–water partition coefficient (Wildman–Crippen LogP) is 3.17. The predicted molar refractivity (Wildman–Crippen MR) is 127 cm³/mol. The lowest BCUT2D eigenvalue weighted by molar-refractivity contribution is -0.134. The molecule has 0 unspecified atom stereocenters. The van der Waals surface area contributed by atoms with Crippen LogP contribution < -0.4 is 5.32 Å². The summed E-state index contributed by atoms with van der Waals surface area (Å²) in [5, 5.41) is 25.8. The second-order valence-electron chi connectivity index (χ2n) is 10.9. The summed E-state index contributed by atoms with van der Waals surface area (Å²) in [6, 6.07) is 15.9. The standard InChI is InChI=1S/C28H34N2O3/c31-23-9-8-21-14-25-28(33)17-22(26(32)29-12-10-19-4-2-1-3-5-19)16-27(28,24(21)15-23)11-13-30(25)18-20-6-7-20/h1-5,8-9,15,20,22,25,31,33H,6-7,10-14,16-18H2,(H,29,32)/t22-,25+,27+,28+/m0/s1. The number of carbonyl (C=O) groups is 1. The molecule has 5 nitrogen and oxygen atoms in total. The summed E-state index contributed by atoms with van der Waals surface area (Å²) in [5.74, 6) is 0.868. The van der Waals surface area contributed by atoms with E-state index in [0.29, 0.717) is 19.4 Å². The fourth-order valence-corrected chi connectivity index (χ4v) is 7.13. The maximum atomic E-state index is 13.3. The summed E-state index contributed by atoms with van der Waals surface area (Å²) >= 11 is 0. The average Bonchev–Trinajstić information content (AvgIpc) is 3.56. The van der Waals surface area contributed by atoms with Gasteiger partial charge in [-0.25, -0.2) is 0 Å². The van der Waals surface area contributed by atoms with Gasteiger partial charge in [0.15, 0.2) is 0 Å². The Morgan fingerprint density at radius 3 is 2.73 bits per heavy atom. The molecule has 0 radical (unpaired) electrons. The first-order valence-electron chi connectivity index (χ1n) is 12.6. The van der Waals surface area contributed by atoms with Crippen molar-refractivity contribution in [3.8, 4) is 5.75 Å². The van der Waals surface area contributed by atoms with E-state index in [1.807, 2.05) is 30.3 Å². The molecule has 1 heterocycles. The molecule has 1 amide bonds. The Kier molecular flexibility index (Phi) is 5.04. The molecule has 4 aliphatic rings. The third-order valence-corrected chi connectivity index (χ3v) is 8.94. The minimum Gasteiger partial charge on any atom is -0.508 e. The van der Waals surface area contributed by atoms with E-state index in [4.69, 9.17) is 0 Å². The molecule has 3 fully saturated rings. The number of hydrogen-bond donors (Lipinski definition) is 3. The number of likely N-dealkylation sites (tertiary alicyclic amines) is 1. The van der Waals surface area contributed by atoms with Crippen LogP contribution in [0.3, 0.4) is 0 Å². The first-order valence-corrected chi connectivity index (χ1v) is 12.6. The third-order valence-electron chi connectivity index (χ3n) is 8.94. The van der Waals surface area contributed by atoms with E-state index in [0.717, 1.165) is 43.8 Å². The van der Waals surface area contributed by atoms with Gasteiger partial charge in [-0.1, -0.05) is 36.4 Å². The van der Waals surface area contributed by atoms with Gasteiger partial charge in [0, 0.05) is 30.5 Å². The van der Waals surface area contributed by atoms with E-state index in [-0.39, 0.29) is 23.6 Å². The third kappa shape index (κ3) is 3.48. The number of rotatable bonds is 6. The molecule has 0 spiro atoms. The molecule has 4 atom stereocenters. The second-order valence-corrected chi connectivity index (χ2v) is 10.9. The van der Waals surface area contributed by atoms with Gasteiger partial charge in [-0.3, -0.25) is 9.69 Å². The van der Waals surface area contributed by atoms with E-state index in [2.05, 4.69) is 22.3 Å². The van der Waals surface area contributed by atoms with E-state index in [1.165, 1.54) is 24.0 Å². The van der Waals surface area contributed by atoms with Gasteiger partial charge in [0.2, 0.25) is 5.91 Å². The number of fused-ring (bicyclic) bond motifs is 1. The Hall–Kier alpha value is -2.37. The lowest BCUT2D eigenvalue weighted by Crippen LogP contribution is -2.69. The number of piperidine rings is 1. The molecule has 1 aliphatic heterocycles. The molecule has 2 aromatic carbocycles. The number of nitrogens with zero attached hydrogens (tertiary/aromatic N) is 1. The monoisotopic (exact) mass is 446 g/mol. The van der Waals surface area contributed by atoms with Crippen molar-refractivity contribution in [1.29, 1.82) is 0 Å². The smallest absolute Gasteiger partial charge is 0.223 e. The van der Waals surface area contributed by atoms with Crippen molar-refractivity contribution in [2.24, 2.45) is 11.8 Å². The van der Waals surface area contributed by atoms with Crippen molar-refractivity contribution in [3.63, 3.8) is 0 Å². The minimum atomic E-state index is -0.928. The van der Waals surface area contributed by atoms with E-state index in [1.54, 1.807) is 6.07 Å². The summed E-state index contributed by atoms with van der Waals surface area (Å²) in [6.45, 7) is 2.63. The van der Waals surface area contributed by atoms with Crippen LogP contribution in [0.5, 0.6) is 5.75 Å². The number of aromatic hydroxyl groups is 1. The summed E-state index contributed by atoms with van der Waals surface area (Å²) in [5.41, 5.74) is 2.14. The molecule has 174 valence electrons. The number of phenolic OH excluding ortho intramolecular Hbond substituents is 1. The van der Waals surface area contributed by atoms with Gasteiger partial charge in [0.05, 0.1) is 5.60 Å². The van der Waals surface area contributed by atoms with Crippen molar-refractivity contribution in [2.45, 2.75) is 62.0 Å². The molecule has 6 rings (SSSR count). The number of nitrogens with one attached hydrogen (secondary N) is 1. The second kappa shape index (κ2) is 7.85. The molecule has 3 aliphatic carbocycles. The van der Waals surface area contributed by atoms with Crippen molar-refractivity contribution < 1.29 is 15.0 Å². The SMILES string of the molecule is O=C(NCCc1ccccc1)[C@H]1C[C@]23CCN(CC4CC4)[C@H](Cc4ccc(O)cc42)[C@]3(O)C1. The van der Waals surface area contributed by atoms with Crippen molar-refractivity contribution in [2.75, 3.05) is 19.6 Å². The van der Waals surface area contributed by atoms with Crippen LogP contribution in [0.2, 0.25) is 0 Å². The zero-order valence-corrected chi connectivity index (χ0v) is 19.2. The van der Waals surface area contributed by atoms with Gasteiger partial charge in [-0.2, -0.15) is 0 Å². The van der Waals surface area contributed by atoms with Crippen LogP contribution in [-0.2, 0) is 23.1 Å². The van der Waals surface area contributed by atoms with Gasteiger partial charge in [-0.15, -0.1) is 0 Å². The average molecular weight is 447 g/mol. The number of benzene rings is 2. The van der Waals surface area contributed by atoms with Crippen molar-refractivity contribution in [3.05, 3.63) is 65.2 Å². The van der Waals surface area contributed by atoms with Crippen LogP contribution in [0, 0.1) is 11.8 Å². The fourth-order valence-electron chi connectivity index (χ4n) is 7.13. The summed E-state index contributed by atoms with van der Waals surface area (Å²) in [4.78, 5) is 15.8. The lowest BCUT2D eigenvalue weighted by atomic mass is 9.56. The molecule has 3 N–H and O–H groups in total. The number of amides is 1. The Bertz CT molecular complexity index is 1050. The van der Waals surface area contributed by atoms with Crippen LogP contribution in [0.25, 0.3) is 0 Å². The largest absolute Gasteiger partial charge is 0.508 e. The molecule has 2 saturated carbocycles. The Labute approximate surface area is 195 Å². The maximum Gasteiger partial charge on any atom is 0.223 e. The lowest BCUT2D eigenvalue weighted by Gasteiger charge is -2.59. The quantitative estimate of drug-likeness (QED) is 0.637. The first-order chi connectivity index (χ1) is 16.0. The Morgan fingerprint density at radius 2 is 1.94 bits per heavy atom. The van der Waals surface area contributed by atoms with Crippen LogP contribution in [0.15, 0.2) is 48.5 Å².